The quantitative estimate of drug-likeness (QED) is 0.928. The molecule has 7 heteroatoms. The van der Waals surface area contributed by atoms with Gasteiger partial charge in [0.15, 0.2) is 0 Å². The maximum absolute atomic E-state index is 10.4. The molecule has 1 N–H and O–H groups in total. The molecule has 6 nitrogen and oxygen atoms in total. The van der Waals surface area contributed by atoms with Gasteiger partial charge in [-0.25, -0.2) is 4.68 Å². The average Bonchev–Trinajstić information content (AvgIpc) is 2.92. The molecule has 18 heavy (non-hydrogen) atoms. The zero-order chi connectivity index (χ0) is 13.3. The van der Waals surface area contributed by atoms with Crippen molar-refractivity contribution in [1.82, 2.24) is 19.6 Å². The summed E-state index contributed by atoms with van der Waals surface area (Å²) in [5.41, 5.74) is 1.32. The van der Waals surface area contributed by atoms with Crippen molar-refractivity contribution in [2.75, 3.05) is 7.11 Å². The van der Waals surface area contributed by atoms with Crippen molar-refractivity contribution in [2.45, 2.75) is 19.6 Å². The molecule has 98 valence electrons. The molecule has 1 unspecified atom stereocenters. The second-order valence-corrected chi connectivity index (χ2v) is 4.62. The van der Waals surface area contributed by atoms with Crippen molar-refractivity contribution >= 4 is 15.9 Å². The third-order valence-electron chi connectivity index (χ3n) is 2.74. The lowest BCUT2D eigenvalue weighted by molar-refractivity contribution is 0.212. The molecule has 0 saturated heterocycles. The van der Waals surface area contributed by atoms with Crippen molar-refractivity contribution in [1.29, 1.82) is 0 Å². The highest BCUT2D eigenvalue weighted by molar-refractivity contribution is 9.10. The summed E-state index contributed by atoms with van der Waals surface area (Å²) in [6, 6.07) is 0. The number of aliphatic hydroxyl groups excluding tert-OH is 1. The third kappa shape index (κ3) is 2.15. The molecule has 2 aromatic rings. The fourth-order valence-corrected chi connectivity index (χ4v) is 2.45. The van der Waals surface area contributed by atoms with Crippen LogP contribution >= 0.6 is 15.9 Å². The molecule has 0 aliphatic heterocycles. The topological polar surface area (TPSA) is 65.1 Å². The van der Waals surface area contributed by atoms with E-state index in [1.165, 1.54) is 0 Å². The van der Waals surface area contributed by atoms with Gasteiger partial charge in [0.1, 0.15) is 10.7 Å². The molecular weight excluding hydrogens is 300 g/mol. The summed E-state index contributed by atoms with van der Waals surface area (Å²) >= 11 is 3.33. The van der Waals surface area contributed by atoms with E-state index in [0.717, 1.165) is 6.54 Å². The minimum Gasteiger partial charge on any atom is -0.481 e. The van der Waals surface area contributed by atoms with Gasteiger partial charge in [-0.3, -0.25) is 4.68 Å². The molecule has 1 atom stereocenters. The first kappa shape index (κ1) is 13.1. The number of aromatic nitrogens is 4. The summed E-state index contributed by atoms with van der Waals surface area (Å²) < 4.78 is 9.16. The third-order valence-corrected chi connectivity index (χ3v) is 3.33. The van der Waals surface area contributed by atoms with E-state index < -0.39 is 6.10 Å². The van der Waals surface area contributed by atoms with Gasteiger partial charge < -0.3 is 9.84 Å². The maximum atomic E-state index is 10.4. The van der Waals surface area contributed by atoms with Crippen LogP contribution in [0.15, 0.2) is 17.0 Å². The van der Waals surface area contributed by atoms with E-state index in [-0.39, 0.29) is 0 Å². The minimum atomic E-state index is -0.816. The minimum absolute atomic E-state index is 0.527. The summed E-state index contributed by atoms with van der Waals surface area (Å²) in [5, 5.41) is 18.7. The van der Waals surface area contributed by atoms with Crippen LogP contribution < -0.4 is 4.74 Å². The molecule has 0 aliphatic rings. The zero-order valence-corrected chi connectivity index (χ0v) is 12.0. The average molecular weight is 315 g/mol. The van der Waals surface area contributed by atoms with Crippen LogP contribution in [0.5, 0.6) is 5.88 Å². The van der Waals surface area contributed by atoms with E-state index in [0.29, 0.717) is 21.6 Å². The van der Waals surface area contributed by atoms with E-state index in [1.807, 2.05) is 13.1 Å². The van der Waals surface area contributed by atoms with Crippen LogP contribution in [0.2, 0.25) is 0 Å². The smallest absolute Gasteiger partial charge is 0.218 e. The predicted molar refractivity (Wildman–Crippen MR) is 69.4 cm³/mol. The number of hydrogen-bond donors (Lipinski definition) is 1. The van der Waals surface area contributed by atoms with Gasteiger partial charge in [0.2, 0.25) is 5.88 Å². The Hall–Kier alpha value is -1.34. The number of halogens is 1. The van der Waals surface area contributed by atoms with Gasteiger partial charge in [0.05, 0.1) is 18.9 Å². The van der Waals surface area contributed by atoms with Crippen LogP contribution in [0.3, 0.4) is 0 Å². The van der Waals surface area contributed by atoms with Crippen molar-refractivity contribution in [3.63, 3.8) is 0 Å². The summed E-state index contributed by atoms with van der Waals surface area (Å²) in [6.07, 6.45) is 2.64. The summed E-state index contributed by atoms with van der Waals surface area (Å²) in [6.45, 7) is 2.75. The Bertz CT molecular complexity index is 549. The molecule has 0 fully saturated rings. The number of ether oxygens (including phenoxy) is 1. The summed E-state index contributed by atoms with van der Waals surface area (Å²) in [5.74, 6) is 0.527. The first-order valence-electron chi connectivity index (χ1n) is 5.55. The normalized spacial score (nSPS) is 12.7. The van der Waals surface area contributed by atoms with E-state index in [2.05, 4.69) is 26.1 Å². The van der Waals surface area contributed by atoms with Gasteiger partial charge in [0.25, 0.3) is 0 Å². The fraction of sp³-hybridized carbons (Fsp3) is 0.455. The first-order chi connectivity index (χ1) is 8.58. The molecule has 0 amide bonds. The SMILES string of the molecule is CCn1cc(C(O)c2c(Br)nn(C)c2OC)cn1. The highest BCUT2D eigenvalue weighted by Crippen LogP contribution is 2.35. The van der Waals surface area contributed by atoms with E-state index >= 15 is 0 Å². The van der Waals surface area contributed by atoms with Crippen LogP contribution in [0.25, 0.3) is 0 Å². The highest BCUT2D eigenvalue weighted by Gasteiger charge is 2.24. The monoisotopic (exact) mass is 314 g/mol. The highest BCUT2D eigenvalue weighted by atomic mass is 79.9. The lowest BCUT2D eigenvalue weighted by Gasteiger charge is -2.09. The zero-order valence-electron chi connectivity index (χ0n) is 10.5. The molecule has 2 rings (SSSR count). The molecule has 0 radical (unpaired) electrons. The predicted octanol–water partition coefficient (Wildman–Crippen LogP) is 1.49. The Balaban J connectivity index is 2.41. The molecule has 2 aromatic heterocycles. The van der Waals surface area contributed by atoms with Gasteiger partial charge in [-0.05, 0) is 22.9 Å². The lowest BCUT2D eigenvalue weighted by Crippen LogP contribution is -2.02. The van der Waals surface area contributed by atoms with Gasteiger partial charge in [0, 0.05) is 25.4 Å². The molecule has 0 aliphatic carbocycles. The molecule has 0 aromatic carbocycles. The number of nitrogens with zero attached hydrogens (tertiary/aromatic N) is 4. The van der Waals surface area contributed by atoms with Crippen molar-refractivity contribution in [2.24, 2.45) is 7.05 Å². The van der Waals surface area contributed by atoms with Crippen molar-refractivity contribution < 1.29 is 9.84 Å². The van der Waals surface area contributed by atoms with Crippen LogP contribution in [0.4, 0.5) is 0 Å². The van der Waals surface area contributed by atoms with Crippen LogP contribution in [0, 0.1) is 0 Å². The second-order valence-electron chi connectivity index (χ2n) is 3.87. The summed E-state index contributed by atoms with van der Waals surface area (Å²) in [4.78, 5) is 0. The van der Waals surface area contributed by atoms with Gasteiger partial charge in [-0.15, -0.1) is 0 Å². The molecule has 0 bridgehead atoms. The molecule has 0 spiro atoms. The molecule has 2 heterocycles. The van der Waals surface area contributed by atoms with Gasteiger partial charge in [-0.1, -0.05) is 0 Å². The lowest BCUT2D eigenvalue weighted by atomic mass is 10.1. The number of aliphatic hydroxyl groups is 1. The molecule has 0 saturated carbocycles. The van der Waals surface area contributed by atoms with Crippen molar-refractivity contribution in [3.05, 3.63) is 28.1 Å². The Morgan fingerprint density at radius 2 is 2.28 bits per heavy atom. The maximum Gasteiger partial charge on any atom is 0.218 e. The number of aryl methyl sites for hydroxylation is 2. The second kappa shape index (κ2) is 5.11. The number of methoxy groups -OCH3 is 1. The number of hydrogen-bond acceptors (Lipinski definition) is 4. The van der Waals surface area contributed by atoms with Crippen LogP contribution in [-0.2, 0) is 13.6 Å². The van der Waals surface area contributed by atoms with E-state index in [1.54, 1.807) is 29.7 Å². The van der Waals surface area contributed by atoms with Gasteiger partial charge in [-0.2, -0.15) is 10.2 Å². The fourth-order valence-electron chi connectivity index (χ4n) is 1.83. The van der Waals surface area contributed by atoms with Crippen molar-refractivity contribution in [3.8, 4) is 5.88 Å². The van der Waals surface area contributed by atoms with E-state index in [9.17, 15) is 5.11 Å². The number of rotatable bonds is 4. The van der Waals surface area contributed by atoms with Crippen LogP contribution in [0.1, 0.15) is 24.2 Å². The molecular formula is C11H15BrN4O2. The largest absolute Gasteiger partial charge is 0.481 e. The standard InChI is InChI=1S/C11H15BrN4O2/c1-4-16-6-7(5-13-16)9(17)8-10(12)14-15(2)11(8)18-3/h5-6,9,17H,4H2,1-3H3. The van der Waals surface area contributed by atoms with Crippen LogP contribution in [-0.4, -0.2) is 31.8 Å². The Kier molecular flexibility index (Phi) is 3.72. The Morgan fingerprint density at radius 3 is 2.83 bits per heavy atom. The first-order valence-corrected chi connectivity index (χ1v) is 6.34. The Morgan fingerprint density at radius 1 is 1.56 bits per heavy atom. The van der Waals surface area contributed by atoms with E-state index in [4.69, 9.17) is 4.74 Å². The summed E-state index contributed by atoms with van der Waals surface area (Å²) in [7, 11) is 3.31. The van der Waals surface area contributed by atoms with Gasteiger partial charge >= 0.3 is 0 Å². The Labute approximate surface area is 113 Å².